The molecular formula is C24H30ClF2NO2. The predicted octanol–water partition coefficient (Wildman–Crippen LogP) is 5.44. The molecule has 3 nitrogen and oxygen atoms in total. The van der Waals surface area contributed by atoms with Gasteiger partial charge in [0.25, 0.3) is 0 Å². The Morgan fingerprint density at radius 3 is 2.13 bits per heavy atom. The van der Waals surface area contributed by atoms with E-state index < -0.39 is 22.8 Å². The van der Waals surface area contributed by atoms with E-state index in [0.29, 0.717) is 18.1 Å². The topological polar surface area (TPSA) is 43.7 Å². The van der Waals surface area contributed by atoms with Crippen LogP contribution in [0.2, 0.25) is 5.02 Å². The number of likely N-dealkylation sites (tertiary alicyclic amines) is 1. The van der Waals surface area contributed by atoms with Gasteiger partial charge in [-0.1, -0.05) is 43.5 Å². The molecular weight excluding hydrogens is 408 g/mol. The number of benzene rings is 2. The Morgan fingerprint density at radius 2 is 1.63 bits per heavy atom. The van der Waals surface area contributed by atoms with E-state index in [2.05, 4.69) is 11.8 Å². The largest absolute Gasteiger partial charge is 0.387 e. The van der Waals surface area contributed by atoms with Gasteiger partial charge in [0.2, 0.25) is 0 Å². The van der Waals surface area contributed by atoms with E-state index >= 15 is 0 Å². The molecule has 1 aliphatic heterocycles. The monoisotopic (exact) mass is 437 g/mol. The zero-order valence-electron chi connectivity index (χ0n) is 17.7. The first-order valence-electron chi connectivity index (χ1n) is 10.5. The molecule has 30 heavy (non-hydrogen) atoms. The Balaban J connectivity index is 1.86. The van der Waals surface area contributed by atoms with Crippen LogP contribution < -0.4 is 0 Å². The molecule has 0 spiro atoms. The Morgan fingerprint density at radius 1 is 1.07 bits per heavy atom. The van der Waals surface area contributed by atoms with Crippen LogP contribution in [-0.2, 0) is 5.60 Å². The number of aliphatic hydroxyl groups is 2. The maximum Gasteiger partial charge on any atom is 0.126 e. The van der Waals surface area contributed by atoms with Crippen molar-refractivity contribution in [1.82, 2.24) is 4.90 Å². The SMILES string of the molecule is CCCCC(c1ccc(Cl)cc1)N1CC(C(O)(c2cc(F)cc(F)c2)C(C)(C)O)C1. The van der Waals surface area contributed by atoms with Gasteiger partial charge in [-0.25, -0.2) is 8.78 Å². The molecule has 1 aliphatic rings. The van der Waals surface area contributed by atoms with Gasteiger partial charge >= 0.3 is 0 Å². The molecule has 0 saturated carbocycles. The van der Waals surface area contributed by atoms with Crippen molar-refractivity contribution in [2.45, 2.75) is 57.3 Å². The molecule has 2 aromatic carbocycles. The number of unbranched alkanes of at least 4 members (excludes halogenated alkanes) is 1. The van der Waals surface area contributed by atoms with Crippen molar-refractivity contribution >= 4 is 11.6 Å². The summed E-state index contributed by atoms with van der Waals surface area (Å²) in [5.74, 6) is -1.91. The summed E-state index contributed by atoms with van der Waals surface area (Å²) in [4.78, 5) is 2.25. The normalized spacial score (nSPS) is 18.7. The van der Waals surface area contributed by atoms with Crippen LogP contribution in [0.25, 0.3) is 0 Å². The van der Waals surface area contributed by atoms with E-state index in [4.69, 9.17) is 11.6 Å². The van der Waals surface area contributed by atoms with Gasteiger partial charge in [-0.05, 0) is 55.7 Å². The lowest BCUT2D eigenvalue weighted by molar-refractivity contribution is -0.204. The summed E-state index contributed by atoms with van der Waals surface area (Å²) in [6.45, 7) is 6.12. The molecule has 1 heterocycles. The molecule has 2 N–H and O–H groups in total. The maximum atomic E-state index is 13.9. The predicted molar refractivity (Wildman–Crippen MR) is 115 cm³/mol. The summed E-state index contributed by atoms with van der Waals surface area (Å²) in [6.07, 6.45) is 3.08. The van der Waals surface area contributed by atoms with Crippen molar-refractivity contribution < 1.29 is 19.0 Å². The quantitative estimate of drug-likeness (QED) is 0.578. The van der Waals surface area contributed by atoms with Gasteiger partial charge in [-0.3, -0.25) is 4.90 Å². The van der Waals surface area contributed by atoms with Gasteiger partial charge in [0.15, 0.2) is 0 Å². The zero-order chi connectivity index (χ0) is 22.1. The van der Waals surface area contributed by atoms with Crippen LogP contribution in [0, 0.1) is 17.6 Å². The highest BCUT2D eigenvalue weighted by molar-refractivity contribution is 6.30. The van der Waals surface area contributed by atoms with E-state index in [9.17, 15) is 19.0 Å². The number of halogens is 3. The molecule has 1 fully saturated rings. The lowest BCUT2D eigenvalue weighted by atomic mass is 9.67. The highest BCUT2D eigenvalue weighted by Gasteiger charge is 2.55. The van der Waals surface area contributed by atoms with Crippen molar-refractivity contribution in [2.75, 3.05) is 13.1 Å². The van der Waals surface area contributed by atoms with Crippen LogP contribution in [0.3, 0.4) is 0 Å². The van der Waals surface area contributed by atoms with E-state index in [0.717, 1.165) is 43.0 Å². The first kappa shape index (κ1) is 23.1. The fraction of sp³-hybridized carbons (Fsp3) is 0.500. The summed E-state index contributed by atoms with van der Waals surface area (Å²) in [5, 5.41) is 23.0. The third-order valence-electron chi connectivity index (χ3n) is 6.26. The number of rotatable bonds is 8. The first-order chi connectivity index (χ1) is 14.1. The molecule has 6 heteroatoms. The van der Waals surface area contributed by atoms with E-state index in [1.54, 1.807) is 0 Å². The molecule has 0 aliphatic carbocycles. The fourth-order valence-corrected chi connectivity index (χ4v) is 4.66. The highest BCUT2D eigenvalue weighted by atomic mass is 35.5. The maximum absolute atomic E-state index is 13.9. The van der Waals surface area contributed by atoms with E-state index in [1.165, 1.54) is 13.8 Å². The summed E-state index contributed by atoms with van der Waals surface area (Å²) < 4.78 is 27.8. The summed E-state index contributed by atoms with van der Waals surface area (Å²) in [5.41, 5.74) is -2.14. The van der Waals surface area contributed by atoms with Crippen LogP contribution in [0.4, 0.5) is 8.78 Å². The Labute approximate surface area is 182 Å². The molecule has 164 valence electrons. The number of hydrogen-bond acceptors (Lipinski definition) is 3. The minimum Gasteiger partial charge on any atom is -0.387 e. The number of nitrogens with zero attached hydrogens (tertiary/aromatic N) is 1. The molecule has 3 rings (SSSR count). The van der Waals surface area contributed by atoms with Crippen molar-refractivity contribution in [2.24, 2.45) is 5.92 Å². The fourth-order valence-electron chi connectivity index (χ4n) is 4.54. The van der Waals surface area contributed by atoms with Gasteiger partial charge in [-0.2, -0.15) is 0 Å². The van der Waals surface area contributed by atoms with Gasteiger partial charge in [-0.15, -0.1) is 0 Å². The minimum absolute atomic E-state index is 0.0637. The lowest BCUT2D eigenvalue weighted by Gasteiger charge is -2.55. The molecule has 2 aromatic rings. The molecule has 0 amide bonds. The summed E-state index contributed by atoms with van der Waals surface area (Å²) in [7, 11) is 0. The third kappa shape index (κ3) is 4.54. The van der Waals surface area contributed by atoms with Crippen LogP contribution in [0.15, 0.2) is 42.5 Å². The second-order valence-corrected chi connectivity index (χ2v) is 9.28. The van der Waals surface area contributed by atoms with Crippen LogP contribution in [0.1, 0.15) is 57.2 Å². The average Bonchev–Trinajstić information content (AvgIpc) is 2.62. The number of hydrogen-bond donors (Lipinski definition) is 2. The van der Waals surface area contributed by atoms with E-state index in [1.807, 2.05) is 24.3 Å². The molecule has 0 radical (unpaired) electrons. The summed E-state index contributed by atoms with van der Waals surface area (Å²) >= 11 is 6.04. The van der Waals surface area contributed by atoms with Gasteiger partial charge in [0.05, 0.1) is 5.60 Å². The molecule has 0 aromatic heterocycles. The van der Waals surface area contributed by atoms with Crippen LogP contribution in [0.5, 0.6) is 0 Å². The Kier molecular flexibility index (Phi) is 6.87. The third-order valence-corrected chi connectivity index (χ3v) is 6.51. The van der Waals surface area contributed by atoms with Crippen LogP contribution in [-0.4, -0.2) is 33.8 Å². The molecule has 0 bridgehead atoms. The highest BCUT2D eigenvalue weighted by Crippen LogP contribution is 2.46. The lowest BCUT2D eigenvalue weighted by Crippen LogP contribution is -2.64. The Hall–Kier alpha value is -1.53. The standard InChI is InChI=1S/C24H30ClF2NO2/c1-4-5-6-22(16-7-9-19(25)10-8-16)28-14-18(15-28)24(30,23(2,3)29)17-11-20(26)13-21(27)12-17/h7-13,18,22,29-30H,4-6,14-15H2,1-3H3. The van der Waals surface area contributed by atoms with E-state index in [-0.39, 0.29) is 17.5 Å². The van der Waals surface area contributed by atoms with Crippen molar-refractivity contribution in [3.63, 3.8) is 0 Å². The van der Waals surface area contributed by atoms with Gasteiger partial charge in [0.1, 0.15) is 17.2 Å². The van der Waals surface area contributed by atoms with Crippen LogP contribution >= 0.6 is 11.6 Å². The van der Waals surface area contributed by atoms with Gasteiger partial charge < -0.3 is 10.2 Å². The Bertz CT molecular complexity index is 842. The molecule has 2 unspecified atom stereocenters. The smallest absolute Gasteiger partial charge is 0.126 e. The van der Waals surface area contributed by atoms with Crippen molar-refractivity contribution in [3.8, 4) is 0 Å². The second-order valence-electron chi connectivity index (χ2n) is 8.84. The minimum atomic E-state index is -1.78. The second kappa shape index (κ2) is 8.91. The zero-order valence-corrected chi connectivity index (χ0v) is 18.5. The molecule has 2 atom stereocenters. The van der Waals surface area contributed by atoms with Gasteiger partial charge in [0, 0.05) is 36.1 Å². The first-order valence-corrected chi connectivity index (χ1v) is 10.8. The molecule has 1 saturated heterocycles. The van der Waals surface area contributed by atoms with Crippen molar-refractivity contribution in [3.05, 3.63) is 70.2 Å². The average molecular weight is 438 g/mol. The summed E-state index contributed by atoms with van der Waals surface area (Å²) in [6, 6.07) is 10.9. The van der Waals surface area contributed by atoms with Crippen molar-refractivity contribution in [1.29, 1.82) is 0 Å².